The molecule has 0 bridgehead atoms. The molecule has 26 heavy (non-hydrogen) atoms. The third-order valence-corrected chi connectivity index (χ3v) is 4.72. The minimum atomic E-state index is -0.452. The molecule has 1 atom stereocenters. The summed E-state index contributed by atoms with van der Waals surface area (Å²) >= 11 is 0. The maximum atomic E-state index is 12.7. The normalized spacial score (nSPS) is 12.1. The van der Waals surface area contributed by atoms with E-state index >= 15 is 0 Å². The van der Waals surface area contributed by atoms with Crippen molar-refractivity contribution < 1.29 is 9.59 Å². The van der Waals surface area contributed by atoms with Gasteiger partial charge in [-0.3, -0.25) is 9.59 Å². The molecule has 4 heteroatoms. The van der Waals surface area contributed by atoms with Crippen LogP contribution in [0.2, 0.25) is 0 Å². The van der Waals surface area contributed by atoms with Crippen molar-refractivity contribution in [3.05, 3.63) is 69.8 Å². The fourth-order valence-corrected chi connectivity index (χ4v) is 3.36. The van der Waals surface area contributed by atoms with Crippen LogP contribution < -0.4 is 11.1 Å². The summed E-state index contributed by atoms with van der Waals surface area (Å²) in [7, 11) is 0. The zero-order chi connectivity index (χ0) is 19.4. The first kappa shape index (κ1) is 19.7. The minimum Gasteiger partial charge on any atom is -0.366 e. The molecule has 0 saturated carbocycles. The van der Waals surface area contributed by atoms with E-state index in [1.807, 2.05) is 26.0 Å². The summed E-state index contributed by atoms with van der Waals surface area (Å²) in [6.07, 6.45) is 0.362. The number of nitrogens with one attached hydrogen (secondary N) is 1. The molecule has 0 fully saturated rings. The van der Waals surface area contributed by atoms with Crippen LogP contribution in [0.4, 0.5) is 0 Å². The summed E-state index contributed by atoms with van der Waals surface area (Å²) < 4.78 is 0. The summed E-state index contributed by atoms with van der Waals surface area (Å²) in [6, 6.07) is 11.2. The number of primary amides is 1. The topological polar surface area (TPSA) is 72.2 Å². The first-order valence-electron chi connectivity index (χ1n) is 8.95. The van der Waals surface area contributed by atoms with Gasteiger partial charge in [0.05, 0.1) is 12.5 Å². The first-order chi connectivity index (χ1) is 12.2. The van der Waals surface area contributed by atoms with E-state index in [0.29, 0.717) is 12.0 Å². The van der Waals surface area contributed by atoms with Gasteiger partial charge in [0.25, 0.3) is 0 Å². The predicted molar refractivity (Wildman–Crippen MR) is 105 cm³/mol. The molecule has 0 spiro atoms. The van der Waals surface area contributed by atoms with Crippen molar-refractivity contribution >= 4 is 11.8 Å². The van der Waals surface area contributed by atoms with Gasteiger partial charge in [-0.2, -0.15) is 0 Å². The van der Waals surface area contributed by atoms with Crippen molar-refractivity contribution in [1.82, 2.24) is 5.32 Å². The second-order valence-electron chi connectivity index (χ2n) is 7.33. The second kappa shape index (κ2) is 8.17. The fourth-order valence-electron chi connectivity index (χ4n) is 3.36. The average Bonchev–Trinajstić information content (AvgIpc) is 2.55. The van der Waals surface area contributed by atoms with Gasteiger partial charge in [-0.15, -0.1) is 0 Å². The molecule has 0 saturated heterocycles. The van der Waals surface area contributed by atoms with Crippen molar-refractivity contribution in [1.29, 1.82) is 0 Å². The van der Waals surface area contributed by atoms with E-state index < -0.39 is 5.91 Å². The second-order valence-corrected chi connectivity index (χ2v) is 7.33. The Kier molecular flexibility index (Phi) is 6.19. The maximum absolute atomic E-state index is 12.7. The van der Waals surface area contributed by atoms with Crippen LogP contribution in [-0.4, -0.2) is 11.8 Å². The lowest BCUT2D eigenvalue weighted by atomic mass is 9.93. The predicted octanol–water partition coefficient (Wildman–Crippen LogP) is 3.77. The van der Waals surface area contributed by atoms with E-state index in [2.05, 4.69) is 38.2 Å². The Morgan fingerprint density at radius 2 is 1.54 bits per heavy atom. The quantitative estimate of drug-likeness (QED) is 0.831. The standard InChI is InChI=1S/C22H28N2O2/c1-13(2)21(17-6-8-18(9-7-17)22(23)26)24-20(25)12-19-15(4)10-14(3)11-16(19)5/h6-11,13,21H,12H2,1-5H3,(H2,23,26)(H,24,25). The monoisotopic (exact) mass is 352 g/mol. The van der Waals surface area contributed by atoms with E-state index in [0.717, 1.165) is 22.3 Å². The van der Waals surface area contributed by atoms with Gasteiger partial charge in [0, 0.05) is 5.56 Å². The fraction of sp³-hybridized carbons (Fsp3) is 0.364. The Morgan fingerprint density at radius 3 is 2.00 bits per heavy atom. The lowest BCUT2D eigenvalue weighted by Gasteiger charge is -2.23. The summed E-state index contributed by atoms with van der Waals surface area (Å²) in [4.78, 5) is 23.9. The van der Waals surface area contributed by atoms with Gasteiger partial charge in [0.1, 0.15) is 0 Å². The molecular weight excluding hydrogens is 324 g/mol. The molecule has 0 aromatic heterocycles. The smallest absolute Gasteiger partial charge is 0.248 e. The third-order valence-electron chi connectivity index (χ3n) is 4.72. The molecule has 3 N–H and O–H groups in total. The summed E-state index contributed by atoms with van der Waals surface area (Å²) in [5.74, 6) is -0.233. The highest BCUT2D eigenvalue weighted by molar-refractivity contribution is 5.92. The average molecular weight is 352 g/mol. The van der Waals surface area contributed by atoms with Crippen LogP contribution in [0.1, 0.15) is 58.1 Å². The molecule has 0 aliphatic rings. The maximum Gasteiger partial charge on any atom is 0.248 e. The van der Waals surface area contributed by atoms with Crippen LogP contribution in [0.25, 0.3) is 0 Å². The lowest BCUT2D eigenvalue weighted by molar-refractivity contribution is -0.121. The zero-order valence-corrected chi connectivity index (χ0v) is 16.2. The van der Waals surface area contributed by atoms with E-state index in [4.69, 9.17) is 5.73 Å². The molecule has 2 aromatic carbocycles. The number of hydrogen-bond donors (Lipinski definition) is 2. The van der Waals surface area contributed by atoms with E-state index in [1.54, 1.807) is 12.1 Å². The summed E-state index contributed by atoms with van der Waals surface area (Å²) in [5, 5.41) is 3.14. The molecule has 2 amide bonds. The molecular formula is C22H28N2O2. The number of carbonyl (C=O) groups excluding carboxylic acids is 2. The van der Waals surface area contributed by atoms with Gasteiger partial charge in [-0.25, -0.2) is 0 Å². The molecule has 2 rings (SSSR count). The van der Waals surface area contributed by atoms with Crippen LogP contribution in [0.3, 0.4) is 0 Å². The van der Waals surface area contributed by atoms with Crippen LogP contribution in [0.5, 0.6) is 0 Å². The summed E-state index contributed by atoms with van der Waals surface area (Å²) in [6.45, 7) is 10.3. The zero-order valence-electron chi connectivity index (χ0n) is 16.2. The molecule has 1 unspecified atom stereocenters. The molecule has 0 radical (unpaired) electrons. The highest BCUT2D eigenvalue weighted by Crippen LogP contribution is 2.23. The number of hydrogen-bond acceptors (Lipinski definition) is 2. The van der Waals surface area contributed by atoms with Crippen LogP contribution in [-0.2, 0) is 11.2 Å². The Labute approximate surface area is 155 Å². The number of amides is 2. The van der Waals surface area contributed by atoms with E-state index in [1.165, 1.54) is 5.56 Å². The molecule has 2 aromatic rings. The van der Waals surface area contributed by atoms with Crippen molar-refractivity contribution in [2.45, 2.75) is 47.1 Å². The summed E-state index contributed by atoms with van der Waals surface area (Å²) in [5.41, 5.74) is 11.3. The lowest BCUT2D eigenvalue weighted by Crippen LogP contribution is -2.33. The van der Waals surface area contributed by atoms with Gasteiger partial charge in [-0.1, -0.05) is 43.7 Å². The Hall–Kier alpha value is -2.62. The van der Waals surface area contributed by atoms with E-state index in [9.17, 15) is 9.59 Å². The van der Waals surface area contributed by atoms with Crippen LogP contribution in [0.15, 0.2) is 36.4 Å². The molecule has 0 aliphatic carbocycles. The van der Waals surface area contributed by atoms with Crippen molar-refractivity contribution in [2.75, 3.05) is 0 Å². The van der Waals surface area contributed by atoms with Gasteiger partial charge in [0.15, 0.2) is 0 Å². The number of benzene rings is 2. The number of nitrogens with two attached hydrogens (primary N) is 1. The largest absolute Gasteiger partial charge is 0.366 e. The highest BCUT2D eigenvalue weighted by atomic mass is 16.2. The Morgan fingerprint density at radius 1 is 1.00 bits per heavy atom. The van der Waals surface area contributed by atoms with Gasteiger partial charge in [-0.05, 0) is 61.1 Å². The Bertz CT molecular complexity index is 784. The molecule has 138 valence electrons. The number of carbonyl (C=O) groups is 2. The van der Waals surface area contributed by atoms with Gasteiger partial charge < -0.3 is 11.1 Å². The number of rotatable bonds is 6. The van der Waals surface area contributed by atoms with Gasteiger partial charge in [0.2, 0.25) is 11.8 Å². The van der Waals surface area contributed by atoms with E-state index in [-0.39, 0.29) is 17.9 Å². The minimum absolute atomic E-state index is 0.00210. The van der Waals surface area contributed by atoms with Crippen LogP contribution in [0, 0.1) is 26.7 Å². The van der Waals surface area contributed by atoms with Crippen molar-refractivity contribution in [3.63, 3.8) is 0 Å². The van der Waals surface area contributed by atoms with Crippen LogP contribution >= 0.6 is 0 Å². The van der Waals surface area contributed by atoms with Crippen molar-refractivity contribution in [3.8, 4) is 0 Å². The highest BCUT2D eigenvalue weighted by Gasteiger charge is 2.19. The molecule has 0 aliphatic heterocycles. The molecule has 0 heterocycles. The van der Waals surface area contributed by atoms with Crippen molar-refractivity contribution in [2.24, 2.45) is 11.7 Å². The first-order valence-corrected chi connectivity index (χ1v) is 8.95. The Balaban J connectivity index is 2.17. The molecule has 4 nitrogen and oxygen atoms in total. The SMILES string of the molecule is Cc1cc(C)c(CC(=O)NC(c2ccc(C(N)=O)cc2)C(C)C)c(C)c1. The third kappa shape index (κ3) is 4.72. The van der Waals surface area contributed by atoms with Gasteiger partial charge >= 0.3 is 0 Å². The number of aryl methyl sites for hydroxylation is 3.